The number of hydrazone groups is 2. The molecular weight excluding hydrogens is 458 g/mol. The van der Waals surface area contributed by atoms with E-state index in [9.17, 15) is 19.8 Å². The van der Waals surface area contributed by atoms with Crippen LogP contribution in [0.4, 0.5) is 11.4 Å². The molecule has 1 aliphatic heterocycles. The highest BCUT2D eigenvalue weighted by Gasteiger charge is 2.31. The van der Waals surface area contributed by atoms with E-state index in [4.69, 9.17) is 11.6 Å². The molecule has 1 aliphatic rings. The van der Waals surface area contributed by atoms with Crippen LogP contribution in [0, 0.1) is 13.8 Å². The van der Waals surface area contributed by atoms with E-state index >= 15 is 0 Å². The van der Waals surface area contributed by atoms with Gasteiger partial charge in [0, 0.05) is 10.6 Å². The third-order valence-corrected chi connectivity index (χ3v) is 5.55. The van der Waals surface area contributed by atoms with Gasteiger partial charge in [-0.25, -0.2) is 9.78 Å². The molecule has 0 fully saturated rings. The second-order valence-electron chi connectivity index (χ2n) is 7.71. The number of anilines is 2. The highest BCUT2D eigenvalue weighted by molar-refractivity contribution is 6.71. The molecule has 9 nitrogen and oxygen atoms in total. The Morgan fingerprint density at radius 2 is 1.85 bits per heavy atom. The number of pyridine rings is 1. The largest absolute Gasteiger partial charge is 0.505 e. The Balaban J connectivity index is 1.65. The Bertz CT molecular complexity index is 1400. The zero-order valence-electron chi connectivity index (χ0n) is 18.5. The van der Waals surface area contributed by atoms with Crippen LogP contribution in [0.3, 0.4) is 0 Å². The predicted octanol–water partition coefficient (Wildman–Crippen LogP) is 4.61. The molecule has 3 N–H and O–H groups in total. The van der Waals surface area contributed by atoms with E-state index in [2.05, 4.69) is 20.6 Å². The Kier molecular flexibility index (Phi) is 6.04. The van der Waals surface area contributed by atoms with Gasteiger partial charge in [-0.3, -0.25) is 10.2 Å². The summed E-state index contributed by atoms with van der Waals surface area (Å²) < 4.78 is 0. The molecule has 0 spiro atoms. The second kappa shape index (κ2) is 8.95. The first-order valence-corrected chi connectivity index (χ1v) is 10.6. The summed E-state index contributed by atoms with van der Waals surface area (Å²) in [4.78, 5) is 28.3. The van der Waals surface area contributed by atoms with Gasteiger partial charge in [-0.15, -0.1) is 0 Å². The number of phenolic OH excluding ortho intramolecular Hbond substituents is 1. The number of benzene rings is 2. The van der Waals surface area contributed by atoms with Crippen molar-refractivity contribution in [1.29, 1.82) is 0 Å². The van der Waals surface area contributed by atoms with Crippen molar-refractivity contribution in [2.24, 2.45) is 10.2 Å². The molecule has 2 heterocycles. The number of carbonyl (C=O) groups is 2. The Hall–Kier alpha value is -4.24. The zero-order chi connectivity index (χ0) is 24.6. The molecule has 0 saturated heterocycles. The van der Waals surface area contributed by atoms with Crippen LogP contribution in [0.1, 0.15) is 28.5 Å². The van der Waals surface area contributed by atoms with Gasteiger partial charge in [-0.1, -0.05) is 23.7 Å². The number of carboxylic acids is 1. The number of nitrogens with one attached hydrogen (secondary N) is 1. The maximum Gasteiger partial charge on any atom is 0.354 e. The van der Waals surface area contributed by atoms with E-state index < -0.39 is 11.9 Å². The molecule has 0 bridgehead atoms. The molecule has 172 valence electrons. The van der Waals surface area contributed by atoms with Crippen molar-refractivity contribution in [1.82, 2.24) is 4.98 Å². The number of rotatable bonds is 5. The Morgan fingerprint density at radius 3 is 2.56 bits per heavy atom. The molecule has 0 aliphatic carbocycles. The van der Waals surface area contributed by atoms with Crippen LogP contribution in [-0.4, -0.2) is 38.5 Å². The number of carboxylic acid groups (broad SMARTS) is 1. The quantitative estimate of drug-likeness (QED) is 0.363. The van der Waals surface area contributed by atoms with Crippen LogP contribution >= 0.6 is 11.6 Å². The molecule has 0 radical (unpaired) electrons. The van der Waals surface area contributed by atoms with E-state index in [1.54, 1.807) is 19.1 Å². The molecule has 10 heteroatoms. The number of amides is 1. The first-order chi connectivity index (χ1) is 16.2. The smallest absolute Gasteiger partial charge is 0.354 e. The van der Waals surface area contributed by atoms with Crippen LogP contribution in [-0.2, 0) is 4.79 Å². The van der Waals surface area contributed by atoms with Crippen LogP contribution in [0.15, 0.2) is 58.7 Å². The summed E-state index contributed by atoms with van der Waals surface area (Å²) in [6, 6.07) is 12.9. The monoisotopic (exact) mass is 477 g/mol. The van der Waals surface area contributed by atoms with E-state index in [1.165, 1.54) is 29.3 Å². The molecular formula is C24H20ClN5O4. The van der Waals surface area contributed by atoms with Gasteiger partial charge in [-0.2, -0.15) is 15.2 Å². The number of aromatic nitrogens is 1. The molecule has 1 amide bonds. The summed E-state index contributed by atoms with van der Waals surface area (Å²) in [5.74, 6) is -1.88. The van der Waals surface area contributed by atoms with E-state index in [0.29, 0.717) is 11.4 Å². The lowest BCUT2D eigenvalue weighted by Crippen LogP contribution is -2.28. The van der Waals surface area contributed by atoms with Crippen molar-refractivity contribution in [2.75, 3.05) is 10.4 Å². The number of aryl methyl sites for hydroxylation is 2. The lowest BCUT2D eigenvalue weighted by molar-refractivity contribution is -0.112. The fraction of sp³-hybridized carbons (Fsp3) is 0.125. The van der Waals surface area contributed by atoms with Gasteiger partial charge in [0.2, 0.25) is 0 Å². The van der Waals surface area contributed by atoms with Crippen molar-refractivity contribution in [3.05, 3.63) is 70.4 Å². The maximum atomic E-state index is 13.0. The number of nitrogens with zero attached hydrogens (tertiary/aromatic N) is 4. The van der Waals surface area contributed by atoms with Gasteiger partial charge in [0.25, 0.3) is 0 Å². The highest BCUT2D eigenvalue weighted by Crippen LogP contribution is 2.38. The van der Waals surface area contributed by atoms with E-state index in [0.717, 1.165) is 11.1 Å². The predicted molar refractivity (Wildman–Crippen MR) is 131 cm³/mol. The fourth-order valence-electron chi connectivity index (χ4n) is 3.36. The highest BCUT2D eigenvalue weighted by atomic mass is 35.5. The standard InChI is InChI=1S/C24H20ClN5O4/c1-12-7-8-16(9-13(12)2)30-23(32)21(14(3)29-30)28-27-20-11-15(25)10-17(22(20)31)18-5-4-6-19(26-18)24(33)34/h4-11,27,31H,1-3H3,(H,33,34). The summed E-state index contributed by atoms with van der Waals surface area (Å²) in [6.07, 6.45) is 0. The normalized spacial score (nSPS) is 14.5. The summed E-state index contributed by atoms with van der Waals surface area (Å²) in [6.45, 7) is 5.59. The zero-order valence-corrected chi connectivity index (χ0v) is 19.3. The lowest BCUT2D eigenvalue weighted by Gasteiger charge is -2.13. The van der Waals surface area contributed by atoms with Crippen LogP contribution < -0.4 is 10.4 Å². The average molecular weight is 478 g/mol. The molecule has 34 heavy (non-hydrogen) atoms. The summed E-state index contributed by atoms with van der Waals surface area (Å²) in [5, 5.41) is 30.0. The number of carbonyl (C=O) groups excluding carboxylic acids is 1. The Morgan fingerprint density at radius 1 is 1.09 bits per heavy atom. The maximum absolute atomic E-state index is 13.0. The van der Waals surface area contributed by atoms with Crippen molar-refractivity contribution in [3.63, 3.8) is 0 Å². The SMILES string of the molecule is CC1=NN(c2ccc(C)c(C)c2)C(=O)C1=NNc1cc(Cl)cc(-c2cccc(C(=O)O)n2)c1O. The number of aromatic hydroxyl groups is 1. The first-order valence-electron chi connectivity index (χ1n) is 10.2. The first kappa shape index (κ1) is 22.9. The summed E-state index contributed by atoms with van der Waals surface area (Å²) in [5.41, 5.74) is 6.25. The molecule has 0 saturated carbocycles. The summed E-state index contributed by atoms with van der Waals surface area (Å²) in [7, 11) is 0. The van der Waals surface area contributed by atoms with Crippen molar-refractivity contribution in [2.45, 2.75) is 20.8 Å². The minimum Gasteiger partial charge on any atom is -0.505 e. The average Bonchev–Trinajstić information content (AvgIpc) is 3.09. The van der Waals surface area contributed by atoms with Gasteiger partial charge in [-0.05, 0) is 68.3 Å². The van der Waals surface area contributed by atoms with Gasteiger partial charge in [0.15, 0.2) is 5.71 Å². The van der Waals surface area contributed by atoms with Crippen molar-refractivity contribution >= 4 is 46.3 Å². The minimum atomic E-state index is -1.20. The van der Waals surface area contributed by atoms with E-state index in [-0.39, 0.29) is 39.1 Å². The van der Waals surface area contributed by atoms with Crippen molar-refractivity contribution < 1.29 is 19.8 Å². The fourth-order valence-corrected chi connectivity index (χ4v) is 3.58. The van der Waals surface area contributed by atoms with E-state index in [1.807, 2.05) is 26.0 Å². The van der Waals surface area contributed by atoms with Gasteiger partial charge in [0.1, 0.15) is 17.1 Å². The molecule has 1 aromatic heterocycles. The van der Waals surface area contributed by atoms with Crippen molar-refractivity contribution in [3.8, 4) is 17.0 Å². The third-order valence-electron chi connectivity index (χ3n) is 5.33. The number of hydrogen-bond donors (Lipinski definition) is 3. The number of hydrogen-bond acceptors (Lipinski definition) is 7. The molecule has 4 rings (SSSR count). The number of halogens is 1. The molecule has 3 aromatic rings. The molecule has 2 aromatic carbocycles. The Labute approximate surface area is 200 Å². The minimum absolute atomic E-state index is 0.0742. The van der Waals surface area contributed by atoms with Gasteiger partial charge < -0.3 is 10.2 Å². The number of phenols is 1. The molecule has 0 atom stereocenters. The van der Waals surface area contributed by atoms with Gasteiger partial charge >= 0.3 is 11.9 Å². The number of aromatic carboxylic acids is 1. The van der Waals surface area contributed by atoms with Crippen LogP contribution in [0.2, 0.25) is 5.02 Å². The third kappa shape index (κ3) is 4.33. The summed E-state index contributed by atoms with van der Waals surface area (Å²) >= 11 is 6.22. The molecule has 0 unspecified atom stereocenters. The van der Waals surface area contributed by atoms with Crippen LogP contribution in [0.25, 0.3) is 11.3 Å². The topological polar surface area (TPSA) is 127 Å². The van der Waals surface area contributed by atoms with Crippen LogP contribution in [0.5, 0.6) is 5.75 Å². The second-order valence-corrected chi connectivity index (χ2v) is 8.14. The lowest BCUT2D eigenvalue weighted by atomic mass is 10.1. The van der Waals surface area contributed by atoms with Gasteiger partial charge in [0.05, 0.1) is 17.1 Å².